The van der Waals surface area contributed by atoms with Crippen molar-refractivity contribution in [1.29, 1.82) is 0 Å². The van der Waals surface area contributed by atoms with E-state index in [9.17, 15) is 0 Å². The first-order valence-corrected chi connectivity index (χ1v) is 6.93. The lowest BCUT2D eigenvalue weighted by atomic mass is 10.1. The topological polar surface area (TPSA) is 64.9 Å². The van der Waals surface area contributed by atoms with E-state index in [-0.39, 0.29) is 0 Å². The summed E-state index contributed by atoms with van der Waals surface area (Å²) in [5, 5.41) is 4.58. The van der Waals surface area contributed by atoms with Gasteiger partial charge < -0.3 is 10.3 Å². The molecule has 1 heterocycles. The second-order valence-electron chi connectivity index (χ2n) is 4.82. The average molecular weight is 300 g/mol. The van der Waals surface area contributed by atoms with Crippen LogP contribution >= 0.6 is 11.6 Å². The SMILES string of the molecule is Cc1cccc(-c2noc([C@H](N)c3ccccc3Cl)n2)c1. The number of nitrogens with two attached hydrogens (primary N) is 1. The summed E-state index contributed by atoms with van der Waals surface area (Å²) in [6.45, 7) is 2.01. The molecule has 2 aromatic carbocycles. The first-order valence-electron chi connectivity index (χ1n) is 6.56. The number of aromatic nitrogens is 2. The van der Waals surface area contributed by atoms with Crippen LogP contribution in [0.5, 0.6) is 0 Å². The standard InChI is InChI=1S/C16H14ClN3O/c1-10-5-4-6-11(9-10)15-19-16(21-20-15)14(18)12-7-2-3-8-13(12)17/h2-9,14H,18H2,1H3/t14-/m1/s1. The fourth-order valence-corrected chi connectivity index (χ4v) is 2.38. The summed E-state index contributed by atoms with van der Waals surface area (Å²) in [6, 6.07) is 14.7. The van der Waals surface area contributed by atoms with Gasteiger partial charge in [-0.1, -0.05) is 58.7 Å². The number of benzene rings is 2. The summed E-state index contributed by atoms with van der Waals surface area (Å²) in [4.78, 5) is 4.38. The highest BCUT2D eigenvalue weighted by molar-refractivity contribution is 6.31. The van der Waals surface area contributed by atoms with Crippen molar-refractivity contribution in [2.24, 2.45) is 5.73 Å². The lowest BCUT2D eigenvalue weighted by molar-refractivity contribution is 0.367. The van der Waals surface area contributed by atoms with Crippen molar-refractivity contribution < 1.29 is 4.52 Å². The van der Waals surface area contributed by atoms with Gasteiger partial charge >= 0.3 is 0 Å². The van der Waals surface area contributed by atoms with Crippen molar-refractivity contribution in [2.45, 2.75) is 13.0 Å². The van der Waals surface area contributed by atoms with Crippen molar-refractivity contribution in [3.05, 3.63) is 70.6 Å². The van der Waals surface area contributed by atoms with E-state index in [1.807, 2.05) is 49.4 Å². The Bertz CT molecular complexity index is 769. The zero-order chi connectivity index (χ0) is 14.8. The van der Waals surface area contributed by atoms with Crippen LogP contribution in [-0.2, 0) is 0 Å². The maximum atomic E-state index is 6.16. The van der Waals surface area contributed by atoms with E-state index in [1.54, 1.807) is 6.07 Å². The summed E-state index contributed by atoms with van der Waals surface area (Å²) < 4.78 is 5.29. The quantitative estimate of drug-likeness (QED) is 0.800. The molecule has 0 bridgehead atoms. The normalized spacial score (nSPS) is 12.3. The molecular weight excluding hydrogens is 286 g/mol. The Morgan fingerprint density at radius 1 is 1.14 bits per heavy atom. The van der Waals surface area contributed by atoms with Gasteiger partial charge in [-0.2, -0.15) is 4.98 Å². The zero-order valence-corrected chi connectivity index (χ0v) is 12.2. The van der Waals surface area contributed by atoms with Crippen molar-refractivity contribution >= 4 is 11.6 Å². The van der Waals surface area contributed by atoms with Crippen LogP contribution in [0.1, 0.15) is 23.1 Å². The summed E-state index contributed by atoms with van der Waals surface area (Å²) in [5.41, 5.74) is 8.95. The monoisotopic (exact) mass is 299 g/mol. The molecule has 4 nitrogen and oxygen atoms in total. The third-order valence-electron chi connectivity index (χ3n) is 3.22. The van der Waals surface area contributed by atoms with Gasteiger partial charge in [-0.05, 0) is 24.6 Å². The molecule has 3 aromatic rings. The fourth-order valence-electron chi connectivity index (χ4n) is 2.12. The highest BCUT2D eigenvalue weighted by Crippen LogP contribution is 2.26. The summed E-state index contributed by atoms with van der Waals surface area (Å²) in [6.07, 6.45) is 0. The third kappa shape index (κ3) is 2.82. The minimum absolute atomic E-state index is 0.347. The Balaban J connectivity index is 1.93. The second-order valence-corrected chi connectivity index (χ2v) is 5.23. The largest absolute Gasteiger partial charge is 0.337 e. The van der Waals surface area contributed by atoms with E-state index >= 15 is 0 Å². The van der Waals surface area contributed by atoms with Gasteiger partial charge in [0.2, 0.25) is 11.7 Å². The van der Waals surface area contributed by atoms with E-state index < -0.39 is 6.04 Å². The van der Waals surface area contributed by atoms with Crippen LogP contribution < -0.4 is 5.73 Å². The lowest BCUT2D eigenvalue weighted by Crippen LogP contribution is -2.12. The Kier molecular flexibility index (Phi) is 3.73. The molecule has 0 saturated carbocycles. The molecule has 0 amide bonds. The Morgan fingerprint density at radius 3 is 2.71 bits per heavy atom. The molecule has 5 heteroatoms. The van der Waals surface area contributed by atoms with Crippen molar-refractivity contribution in [1.82, 2.24) is 10.1 Å². The number of rotatable bonds is 3. The molecule has 21 heavy (non-hydrogen) atoms. The van der Waals surface area contributed by atoms with Crippen LogP contribution in [0.15, 0.2) is 53.1 Å². The third-order valence-corrected chi connectivity index (χ3v) is 3.57. The maximum Gasteiger partial charge on any atom is 0.248 e. The number of hydrogen-bond acceptors (Lipinski definition) is 4. The van der Waals surface area contributed by atoms with Crippen LogP contribution in [0, 0.1) is 6.92 Å². The number of halogens is 1. The minimum Gasteiger partial charge on any atom is -0.337 e. The molecule has 106 valence electrons. The Labute approximate surface area is 127 Å². The predicted octanol–water partition coefficient (Wildman–Crippen LogP) is 3.75. The molecule has 0 radical (unpaired) electrons. The van der Waals surface area contributed by atoms with Gasteiger partial charge in [0.1, 0.15) is 6.04 Å². The molecule has 0 spiro atoms. The molecule has 0 saturated heterocycles. The van der Waals surface area contributed by atoms with Crippen molar-refractivity contribution in [2.75, 3.05) is 0 Å². The molecule has 0 aliphatic rings. The molecule has 0 fully saturated rings. The predicted molar refractivity (Wildman–Crippen MR) is 82.0 cm³/mol. The first kappa shape index (κ1) is 13.8. The molecule has 0 unspecified atom stereocenters. The average Bonchev–Trinajstić information content (AvgIpc) is 2.97. The molecule has 0 aliphatic carbocycles. The van der Waals surface area contributed by atoms with E-state index in [1.165, 1.54) is 0 Å². The summed E-state index contributed by atoms with van der Waals surface area (Å²) in [7, 11) is 0. The van der Waals surface area contributed by atoms with Crippen LogP contribution in [0.4, 0.5) is 0 Å². The fraction of sp³-hybridized carbons (Fsp3) is 0.125. The van der Waals surface area contributed by atoms with Gasteiger partial charge in [-0.25, -0.2) is 0 Å². The number of nitrogens with zero attached hydrogens (tertiary/aromatic N) is 2. The van der Waals surface area contributed by atoms with E-state index in [0.717, 1.165) is 16.7 Å². The highest BCUT2D eigenvalue weighted by atomic mass is 35.5. The van der Waals surface area contributed by atoms with E-state index in [2.05, 4.69) is 10.1 Å². The van der Waals surface area contributed by atoms with Gasteiger partial charge in [0, 0.05) is 10.6 Å². The second kappa shape index (κ2) is 5.68. The van der Waals surface area contributed by atoms with E-state index in [4.69, 9.17) is 21.9 Å². The van der Waals surface area contributed by atoms with Crippen LogP contribution in [0.25, 0.3) is 11.4 Å². The number of hydrogen-bond donors (Lipinski definition) is 1. The Morgan fingerprint density at radius 2 is 1.95 bits per heavy atom. The van der Waals surface area contributed by atoms with Gasteiger partial charge in [0.15, 0.2) is 0 Å². The van der Waals surface area contributed by atoms with Crippen molar-refractivity contribution in [3.63, 3.8) is 0 Å². The molecule has 1 aromatic heterocycles. The first-order chi connectivity index (χ1) is 10.1. The smallest absolute Gasteiger partial charge is 0.248 e. The summed E-state index contributed by atoms with van der Waals surface area (Å²) in [5.74, 6) is 0.871. The van der Waals surface area contributed by atoms with Gasteiger partial charge in [0.05, 0.1) is 0 Å². The Hall–Kier alpha value is -2.17. The number of aryl methyl sites for hydroxylation is 1. The van der Waals surface area contributed by atoms with Gasteiger partial charge in [0.25, 0.3) is 0 Å². The molecule has 0 aliphatic heterocycles. The zero-order valence-electron chi connectivity index (χ0n) is 11.5. The van der Waals surface area contributed by atoms with Gasteiger partial charge in [-0.15, -0.1) is 0 Å². The molecule has 2 N–H and O–H groups in total. The molecular formula is C16H14ClN3O. The maximum absolute atomic E-state index is 6.16. The van der Waals surface area contributed by atoms with Crippen LogP contribution in [0.3, 0.4) is 0 Å². The molecule has 3 rings (SSSR count). The highest BCUT2D eigenvalue weighted by Gasteiger charge is 2.19. The van der Waals surface area contributed by atoms with Crippen LogP contribution in [0.2, 0.25) is 5.02 Å². The lowest BCUT2D eigenvalue weighted by Gasteiger charge is -2.08. The van der Waals surface area contributed by atoms with E-state index in [0.29, 0.717) is 16.7 Å². The van der Waals surface area contributed by atoms with Crippen molar-refractivity contribution in [3.8, 4) is 11.4 Å². The minimum atomic E-state index is -0.537. The summed E-state index contributed by atoms with van der Waals surface area (Å²) >= 11 is 6.14. The van der Waals surface area contributed by atoms with Crippen LogP contribution in [-0.4, -0.2) is 10.1 Å². The van der Waals surface area contributed by atoms with Gasteiger partial charge in [-0.3, -0.25) is 0 Å². The molecule has 1 atom stereocenters.